The van der Waals surface area contributed by atoms with Crippen LogP contribution >= 0.6 is 0 Å². The number of likely N-dealkylation sites (N-methyl/N-ethyl adjacent to an activating group) is 1. The molecule has 2 fully saturated rings. The molecule has 0 atom stereocenters. The number of aromatic nitrogens is 1. The molecular weight excluding hydrogens is 378 g/mol. The SMILES string of the molecule is CN1CCN(c2oc(-c3ccc(S(=O)(=O)N4CCCC4)cc3)nc2C#N)CC1. The van der Waals surface area contributed by atoms with Crippen molar-refractivity contribution in [1.29, 1.82) is 5.26 Å². The quantitative estimate of drug-likeness (QED) is 0.770. The second-order valence-electron chi connectivity index (χ2n) is 7.21. The van der Waals surface area contributed by atoms with E-state index in [1.54, 1.807) is 24.3 Å². The second kappa shape index (κ2) is 7.54. The van der Waals surface area contributed by atoms with Gasteiger partial charge in [0.2, 0.25) is 27.5 Å². The molecule has 8 nitrogen and oxygen atoms in total. The van der Waals surface area contributed by atoms with Gasteiger partial charge in [-0.05, 0) is 44.2 Å². The fourth-order valence-electron chi connectivity index (χ4n) is 3.58. The van der Waals surface area contributed by atoms with E-state index in [0.717, 1.165) is 39.0 Å². The van der Waals surface area contributed by atoms with Gasteiger partial charge in [-0.2, -0.15) is 14.6 Å². The number of rotatable bonds is 4. The van der Waals surface area contributed by atoms with E-state index >= 15 is 0 Å². The van der Waals surface area contributed by atoms with Crippen LogP contribution in [0.2, 0.25) is 0 Å². The zero-order chi connectivity index (χ0) is 19.7. The number of oxazole rings is 1. The van der Waals surface area contributed by atoms with Gasteiger partial charge >= 0.3 is 0 Å². The topological polar surface area (TPSA) is 93.7 Å². The fraction of sp³-hybridized carbons (Fsp3) is 0.474. The molecule has 0 spiro atoms. The van der Waals surface area contributed by atoms with E-state index in [4.69, 9.17) is 4.42 Å². The number of anilines is 1. The van der Waals surface area contributed by atoms with Crippen molar-refractivity contribution in [1.82, 2.24) is 14.2 Å². The van der Waals surface area contributed by atoms with Gasteiger partial charge in [-0.15, -0.1) is 0 Å². The smallest absolute Gasteiger partial charge is 0.243 e. The van der Waals surface area contributed by atoms with Crippen molar-refractivity contribution in [3.05, 3.63) is 30.0 Å². The molecule has 2 saturated heterocycles. The molecule has 2 aliphatic rings. The Hall–Kier alpha value is -2.41. The van der Waals surface area contributed by atoms with Gasteiger partial charge in [0, 0.05) is 44.8 Å². The van der Waals surface area contributed by atoms with Crippen LogP contribution in [0.4, 0.5) is 5.88 Å². The number of nitrogens with zero attached hydrogens (tertiary/aromatic N) is 5. The van der Waals surface area contributed by atoms with Crippen molar-refractivity contribution >= 4 is 15.9 Å². The summed E-state index contributed by atoms with van der Waals surface area (Å²) in [6.07, 6.45) is 1.80. The van der Waals surface area contributed by atoms with Gasteiger partial charge in [-0.3, -0.25) is 0 Å². The minimum Gasteiger partial charge on any atom is -0.419 e. The van der Waals surface area contributed by atoms with E-state index in [9.17, 15) is 13.7 Å². The summed E-state index contributed by atoms with van der Waals surface area (Å²) >= 11 is 0. The predicted molar refractivity (Wildman–Crippen MR) is 104 cm³/mol. The molecule has 1 aromatic carbocycles. The maximum absolute atomic E-state index is 12.7. The highest BCUT2D eigenvalue weighted by Gasteiger charge is 2.27. The van der Waals surface area contributed by atoms with Crippen molar-refractivity contribution < 1.29 is 12.8 Å². The predicted octanol–water partition coefficient (Wildman–Crippen LogP) is 1.75. The monoisotopic (exact) mass is 401 g/mol. The summed E-state index contributed by atoms with van der Waals surface area (Å²) in [6, 6.07) is 8.63. The lowest BCUT2D eigenvalue weighted by atomic mass is 10.2. The van der Waals surface area contributed by atoms with E-state index in [1.807, 2.05) is 4.90 Å². The third-order valence-corrected chi connectivity index (χ3v) is 7.22. The van der Waals surface area contributed by atoms with Crippen LogP contribution in [-0.4, -0.2) is 68.9 Å². The number of hydrogen-bond donors (Lipinski definition) is 0. The normalized spacial score (nSPS) is 19.1. The van der Waals surface area contributed by atoms with Crippen molar-refractivity contribution in [2.24, 2.45) is 0 Å². The van der Waals surface area contributed by atoms with Gasteiger partial charge in [0.25, 0.3) is 0 Å². The molecule has 1 aromatic heterocycles. The molecule has 0 saturated carbocycles. The van der Waals surface area contributed by atoms with Crippen molar-refractivity contribution in [2.45, 2.75) is 17.7 Å². The lowest BCUT2D eigenvalue weighted by Crippen LogP contribution is -2.44. The number of sulfonamides is 1. The summed E-state index contributed by atoms with van der Waals surface area (Å²) < 4.78 is 32.7. The summed E-state index contributed by atoms with van der Waals surface area (Å²) in [4.78, 5) is 8.84. The summed E-state index contributed by atoms with van der Waals surface area (Å²) in [5, 5.41) is 9.44. The molecule has 0 amide bonds. The number of hydrogen-bond acceptors (Lipinski definition) is 7. The summed E-state index contributed by atoms with van der Waals surface area (Å²) in [5.74, 6) is 0.815. The minimum absolute atomic E-state index is 0.258. The van der Waals surface area contributed by atoms with E-state index in [0.29, 0.717) is 30.4 Å². The van der Waals surface area contributed by atoms with Crippen LogP contribution in [0.3, 0.4) is 0 Å². The highest BCUT2D eigenvalue weighted by molar-refractivity contribution is 7.89. The average Bonchev–Trinajstić information content (AvgIpc) is 3.39. The van der Waals surface area contributed by atoms with E-state index < -0.39 is 10.0 Å². The standard InChI is InChI=1S/C19H23N5O3S/c1-22-10-12-23(13-11-22)19-17(14-20)21-18(27-19)15-4-6-16(7-5-15)28(25,26)24-8-2-3-9-24/h4-7H,2-3,8-13H2,1H3. The third kappa shape index (κ3) is 3.51. The zero-order valence-corrected chi connectivity index (χ0v) is 16.7. The molecule has 4 rings (SSSR count). The van der Waals surface area contributed by atoms with E-state index in [2.05, 4.69) is 23.0 Å². The van der Waals surface area contributed by atoms with Crippen LogP contribution in [0.5, 0.6) is 0 Å². The van der Waals surface area contributed by atoms with E-state index in [1.165, 1.54) is 4.31 Å². The van der Waals surface area contributed by atoms with E-state index in [-0.39, 0.29) is 10.6 Å². The molecular formula is C19H23N5O3S. The summed E-state index contributed by atoms with van der Waals surface area (Å²) in [7, 11) is -1.39. The van der Waals surface area contributed by atoms with Crippen molar-refractivity contribution in [2.75, 3.05) is 51.2 Å². The van der Waals surface area contributed by atoms with Gasteiger partial charge < -0.3 is 14.2 Å². The lowest BCUT2D eigenvalue weighted by Gasteiger charge is -2.31. The highest BCUT2D eigenvalue weighted by atomic mass is 32.2. The summed E-state index contributed by atoms with van der Waals surface area (Å²) in [6.45, 7) is 4.47. The second-order valence-corrected chi connectivity index (χ2v) is 9.15. The Labute approximate surface area is 165 Å². The Morgan fingerprint density at radius 1 is 1.04 bits per heavy atom. The molecule has 9 heteroatoms. The molecule has 28 heavy (non-hydrogen) atoms. The number of nitriles is 1. The van der Waals surface area contributed by atoms with Gasteiger partial charge in [0.15, 0.2) is 0 Å². The van der Waals surface area contributed by atoms with Crippen LogP contribution in [0, 0.1) is 11.3 Å². The molecule has 0 aliphatic carbocycles. The average molecular weight is 401 g/mol. The van der Waals surface area contributed by atoms with Gasteiger partial charge in [-0.25, -0.2) is 8.42 Å². The van der Waals surface area contributed by atoms with Crippen LogP contribution in [0.1, 0.15) is 18.5 Å². The Morgan fingerprint density at radius 3 is 2.29 bits per heavy atom. The van der Waals surface area contributed by atoms with Crippen LogP contribution in [0.25, 0.3) is 11.5 Å². The van der Waals surface area contributed by atoms with Crippen LogP contribution in [0.15, 0.2) is 33.6 Å². The molecule has 3 heterocycles. The first-order valence-electron chi connectivity index (χ1n) is 9.44. The molecule has 0 N–H and O–H groups in total. The summed E-state index contributed by atoms with van der Waals surface area (Å²) in [5.41, 5.74) is 0.908. The van der Waals surface area contributed by atoms with Crippen molar-refractivity contribution in [3.63, 3.8) is 0 Å². The molecule has 0 radical (unpaired) electrons. The molecule has 0 bridgehead atoms. The fourth-order valence-corrected chi connectivity index (χ4v) is 5.10. The zero-order valence-electron chi connectivity index (χ0n) is 15.8. The lowest BCUT2D eigenvalue weighted by molar-refractivity contribution is 0.306. The van der Waals surface area contributed by atoms with Gasteiger partial charge in [0.1, 0.15) is 6.07 Å². The van der Waals surface area contributed by atoms with Gasteiger partial charge in [-0.1, -0.05) is 0 Å². The first-order valence-corrected chi connectivity index (χ1v) is 10.9. The molecule has 148 valence electrons. The van der Waals surface area contributed by atoms with Crippen molar-refractivity contribution in [3.8, 4) is 17.5 Å². The highest BCUT2D eigenvalue weighted by Crippen LogP contribution is 2.30. The molecule has 2 aliphatic heterocycles. The Morgan fingerprint density at radius 2 is 1.68 bits per heavy atom. The first kappa shape index (κ1) is 18.9. The Kier molecular flexibility index (Phi) is 5.10. The largest absolute Gasteiger partial charge is 0.419 e. The van der Waals surface area contributed by atoms with Crippen LogP contribution < -0.4 is 4.90 Å². The number of benzene rings is 1. The number of piperazine rings is 1. The first-order chi connectivity index (χ1) is 13.5. The van der Waals surface area contributed by atoms with Crippen LogP contribution in [-0.2, 0) is 10.0 Å². The third-order valence-electron chi connectivity index (χ3n) is 5.31. The van der Waals surface area contributed by atoms with Gasteiger partial charge in [0.05, 0.1) is 4.90 Å². The Bertz CT molecular complexity index is 980. The maximum atomic E-state index is 12.7. The minimum atomic E-state index is -3.45. The molecule has 2 aromatic rings. The Balaban J connectivity index is 1.59. The molecule has 0 unspecified atom stereocenters. The maximum Gasteiger partial charge on any atom is 0.243 e.